The zero-order valence-electron chi connectivity index (χ0n) is 15.7. The highest BCUT2D eigenvalue weighted by Gasteiger charge is 2.32. The number of fused-ring (bicyclic) bond motifs is 2. The molecule has 0 fully saturated rings. The van der Waals surface area contributed by atoms with Crippen molar-refractivity contribution in [3.05, 3.63) is 70.3 Å². The number of carbonyl (C=O) groups is 3. The Hall–Kier alpha value is -2.95. The summed E-state index contributed by atoms with van der Waals surface area (Å²) in [6.45, 7) is 0.546. The van der Waals surface area contributed by atoms with Gasteiger partial charge in [0.05, 0.1) is 5.92 Å². The third-order valence-corrected chi connectivity index (χ3v) is 5.83. The van der Waals surface area contributed by atoms with Crippen molar-refractivity contribution in [2.45, 2.75) is 44.6 Å². The van der Waals surface area contributed by atoms with E-state index < -0.39 is 11.9 Å². The second kappa shape index (κ2) is 7.58. The summed E-state index contributed by atoms with van der Waals surface area (Å²) in [7, 11) is 0. The molecule has 1 aliphatic carbocycles. The van der Waals surface area contributed by atoms with Gasteiger partial charge in [-0.25, -0.2) is 0 Å². The predicted molar refractivity (Wildman–Crippen MR) is 104 cm³/mol. The summed E-state index contributed by atoms with van der Waals surface area (Å²) < 4.78 is 0. The van der Waals surface area contributed by atoms with E-state index >= 15 is 0 Å². The Morgan fingerprint density at radius 1 is 0.964 bits per heavy atom. The maximum Gasteiger partial charge on any atom is 0.312 e. The maximum atomic E-state index is 12.7. The number of nitrogens with zero attached hydrogens (tertiary/aromatic N) is 1. The fourth-order valence-corrected chi connectivity index (χ4v) is 4.28. The number of aryl methyl sites for hydroxylation is 2. The number of carbonyl (C=O) groups excluding carboxylic acids is 2. The van der Waals surface area contributed by atoms with E-state index in [1.807, 2.05) is 42.5 Å². The van der Waals surface area contributed by atoms with Crippen LogP contribution < -0.4 is 0 Å². The van der Waals surface area contributed by atoms with E-state index in [1.54, 1.807) is 4.90 Å². The Balaban J connectivity index is 1.41. The summed E-state index contributed by atoms with van der Waals surface area (Å²) in [6.07, 6.45) is 3.47. The normalized spacial score (nSPS) is 17.7. The first-order valence-electron chi connectivity index (χ1n) is 9.76. The van der Waals surface area contributed by atoms with E-state index in [4.69, 9.17) is 0 Å². The molecular formula is C23H23NO4. The van der Waals surface area contributed by atoms with Gasteiger partial charge in [0.15, 0.2) is 5.78 Å². The van der Waals surface area contributed by atoms with Gasteiger partial charge in [-0.3, -0.25) is 14.4 Å². The average Bonchev–Trinajstić information content (AvgIpc) is 3.18. The highest BCUT2D eigenvalue weighted by atomic mass is 16.4. The quantitative estimate of drug-likeness (QED) is 0.811. The van der Waals surface area contributed by atoms with Crippen molar-refractivity contribution in [2.24, 2.45) is 0 Å². The molecule has 2 aliphatic rings. The van der Waals surface area contributed by atoms with Crippen molar-refractivity contribution in [3.63, 3.8) is 0 Å². The minimum atomic E-state index is -0.931. The van der Waals surface area contributed by atoms with E-state index in [-0.39, 0.29) is 31.1 Å². The minimum absolute atomic E-state index is 0.0322. The van der Waals surface area contributed by atoms with Crippen molar-refractivity contribution in [1.82, 2.24) is 4.90 Å². The molecule has 2 aromatic carbocycles. The molecule has 0 spiro atoms. The molecule has 5 heteroatoms. The van der Waals surface area contributed by atoms with Crippen molar-refractivity contribution < 1.29 is 19.5 Å². The monoisotopic (exact) mass is 377 g/mol. The van der Waals surface area contributed by atoms with Crippen LogP contribution in [-0.2, 0) is 29.0 Å². The first kappa shape index (κ1) is 18.4. The van der Waals surface area contributed by atoms with Gasteiger partial charge in [-0.2, -0.15) is 0 Å². The number of hydrogen-bond donors (Lipinski definition) is 1. The van der Waals surface area contributed by atoms with Gasteiger partial charge in [0.1, 0.15) is 0 Å². The van der Waals surface area contributed by atoms with Crippen LogP contribution in [0, 0.1) is 0 Å². The van der Waals surface area contributed by atoms with Crippen LogP contribution in [0.25, 0.3) is 0 Å². The summed E-state index contributed by atoms with van der Waals surface area (Å²) in [5.41, 5.74) is 4.86. The maximum absolute atomic E-state index is 12.7. The second-order valence-electron chi connectivity index (χ2n) is 7.62. The topological polar surface area (TPSA) is 74.7 Å². The SMILES string of the molecule is O=C(CCC(=O)N1Cc2ccccc2C(C(=O)O)C1)c1ccc2c(c1)CCC2. The molecule has 0 aromatic heterocycles. The fraction of sp³-hybridized carbons (Fsp3) is 0.348. The third kappa shape index (κ3) is 3.57. The Labute approximate surface area is 164 Å². The van der Waals surface area contributed by atoms with Gasteiger partial charge in [-0.15, -0.1) is 0 Å². The fourth-order valence-electron chi connectivity index (χ4n) is 4.28. The molecule has 1 atom stereocenters. The number of carboxylic acid groups (broad SMARTS) is 1. The van der Waals surface area contributed by atoms with Gasteiger partial charge < -0.3 is 10.0 Å². The Morgan fingerprint density at radius 3 is 2.57 bits per heavy atom. The number of carboxylic acids is 1. The summed E-state index contributed by atoms with van der Waals surface area (Å²) in [5, 5.41) is 9.54. The first-order valence-corrected chi connectivity index (χ1v) is 9.76. The molecule has 1 heterocycles. The van der Waals surface area contributed by atoms with Crippen molar-refractivity contribution in [1.29, 1.82) is 0 Å². The van der Waals surface area contributed by atoms with Crippen LogP contribution in [0.1, 0.15) is 57.8 Å². The minimum Gasteiger partial charge on any atom is -0.481 e. The largest absolute Gasteiger partial charge is 0.481 e. The van der Waals surface area contributed by atoms with Gasteiger partial charge in [0.25, 0.3) is 0 Å². The lowest BCUT2D eigenvalue weighted by molar-refractivity contribution is -0.141. The van der Waals surface area contributed by atoms with Gasteiger partial charge in [0.2, 0.25) is 5.91 Å². The summed E-state index contributed by atoms with van der Waals surface area (Å²) in [4.78, 5) is 38.4. The highest BCUT2D eigenvalue weighted by molar-refractivity contribution is 5.98. The van der Waals surface area contributed by atoms with E-state index in [1.165, 1.54) is 11.1 Å². The van der Waals surface area contributed by atoms with Gasteiger partial charge in [0, 0.05) is 31.5 Å². The molecule has 0 radical (unpaired) electrons. The third-order valence-electron chi connectivity index (χ3n) is 5.83. The number of amides is 1. The summed E-state index contributed by atoms with van der Waals surface area (Å²) in [5.74, 6) is -1.86. The van der Waals surface area contributed by atoms with Gasteiger partial charge in [-0.05, 0) is 47.6 Å². The molecule has 1 unspecified atom stereocenters. The van der Waals surface area contributed by atoms with Gasteiger partial charge in [-0.1, -0.05) is 36.4 Å². The Morgan fingerprint density at radius 2 is 1.75 bits per heavy atom. The first-order chi connectivity index (χ1) is 13.5. The number of aliphatic carboxylic acids is 1. The molecule has 0 bridgehead atoms. The lowest BCUT2D eigenvalue weighted by Crippen LogP contribution is -2.40. The highest BCUT2D eigenvalue weighted by Crippen LogP contribution is 2.29. The molecular weight excluding hydrogens is 354 g/mol. The molecule has 1 N–H and O–H groups in total. The number of ketones is 1. The van der Waals surface area contributed by atoms with E-state index in [0.717, 1.165) is 30.4 Å². The molecule has 5 nitrogen and oxygen atoms in total. The lowest BCUT2D eigenvalue weighted by atomic mass is 9.89. The molecule has 1 amide bonds. The lowest BCUT2D eigenvalue weighted by Gasteiger charge is -2.32. The van der Waals surface area contributed by atoms with Crippen LogP contribution >= 0.6 is 0 Å². The van der Waals surface area contributed by atoms with Gasteiger partial charge >= 0.3 is 5.97 Å². The zero-order chi connectivity index (χ0) is 19.7. The Kier molecular flexibility index (Phi) is 4.99. The predicted octanol–water partition coefficient (Wildman–Crippen LogP) is 3.35. The molecule has 144 valence electrons. The van der Waals surface area contributed by atoms with Crippen molar-refractivity contribution >= 4 is 17.7 Å². The number of rotatable bonds is 5. The molecule has 4 rings (SSSR count). The van der Waals surface area contributed by atoms with Crippen molar-refractivity contribution in [3.8, 4) is 0 Å². The standard InChI is InChI=1S/C23H23NO4/c25-21(17-9-8-15-5-3-6-16(15)12-17)10-11-22(26)24-13-18-4-1-2-7-19(18)20(14-24)23(27)28/h1-2,4,7-9,12,20H,3,5-6,10-11,13-14H2,(H,27,28). The average molecular weight is 377 g/mol. The van der Waals surface area contributed by atoms with Crippen LogP contribution in [0.3, 0.4) is 0 Å². The molecule has 1 aliphatic heterocycles. The van der Waals surface area contributed by atoms with Crippen LogP contribution in [0.2, 0.25) is 0 Å². The number of hydrogen-bond acceptors (Lipinski definition) is 3. The molecule has 0 saturated carbocycles. The van der Waals surface area contributed by atoms with E-state index in [0.29, 0.717) is 12.1 Å². The zero-order valence-corrected chi connectivity index (χ0v) is 15.7. The van der Waals surface area contributed by atoms with Crippen LogP contribution in [0.15, 0.2) is 42.5 Å². The molecule has 0 saturated heterocycles. The summed E-state index contributed by atoms with van der Waals surface area (Å²) in [6, 6.07) is 13.2. The Bertz CT molecular complexity index is 949. The van der Waals surface area contributed by atoms with Crippen molar-refractivity contribution in [2.75, 3.05) is 6.54 Å². The summed E-state index contributed by atoms with van der Waals surface area (Å²) >= 11 is 0. The van der Waals surface area contributed by atoms with Crippen LogP contribution in [0.5, 0.6) is 0 Å². The molecule has 2 aromatic rings. The van der Waals surface area contributed by atoms with Crippen LogP contribution in [-0.4, -0.2) is 34.2 Å². The number of benzene rings is 2. The molecule has 28 heavy (non-hydrogen) atoms. The van der Waals surface area contributed by atoms with E-state index in [9.17, 15) is 19.5 Å². The van der Waals surface area contributed by atoms with Crippen LogP contribution in [0.4, 0.5) is 0 Å². The second-order valence-corrected chi connectivity index (χ2v) is 7.62. The van der Waals surface area contributed by atoms with E-state index in [2.05, 4.69) is 0 Å². The number of Topliss-reactive ketones (excluding diaryl/α,β-unsaturated/α-hetero) is 1. The smallest absolute Gasteiger partial charge is 0.312 e.